The van der Waals surface area contributed by atoms with Gasteiger partial charge in [0.15, 0.2) is 11.5 Å². The van der Waals surface area contributed by atoms with Crippen LogP contribution in [-0.2, 0) is 11.2 Å². The van der Waals surface area contributed by atoms with E-state index in [-0.39, 0.29) is 18.4 Å². The first kappa shape index (κ1) is 19.1. The highest BCUT2D eigenvalue weighted by atomic mass is 79.9. The maximum absolute atomic E-state index is 12.4. The van der Waals surface area contributed by atoms with Gasteiger partial charge in [0.25, 0.3) is 0 Å². The Balaban J connectivity index is 2.10. The normalized spacial score (nSPS) is 11.6. The molecule has 134 valence electrons. The maximum atomic E-state index is 12.4. The summed E-state index contributed by atoms with van der Waals surface area (Å²) in [5.41, 5.74) is 1.83. The second-order valence-electron chi connectivity index (χ2n) is 5.55. The van der Waals surface area contributed by atoms with Crippen molar-refractivity contribution in [1.82, 2.24) is 5.32 Å². The number of ether oxygens (including phenoxy) is 3. The van der Waals surface area contributed by atoms with Gasteiger partial charge in [-0.2, -0.15) is 0 Å². The van der Waals surface area contributed by atoms with Crippen LogP contribution in [0.3, 0.4) is 0 Å². The number of hydrogen-bond acceptors (Lipinski definition) is 4. The summed E-state index contributed by atoms with van der Waals surface area (Å²) in [6.45, 7) is 1.95. The van der Waals surface area contributed by atoms with Crippen LogP contribution in [-0.4, -0.2) is 27.2 Å². The van der Waals surface area contributed by atoms with E-state index < -0.39 is 0 Å². The molecule has 0 spiro atoms. The largest absolute Gasteiger partial charge is 0.493 e. The number of halogens is 1. The van der Waals surface area contributed by atoms with Gasteiger partial charge in [0.2, 0.25) is 11.7 Å². The van der Waals surface area contributed by atoms with E-state index in [1.165, 1.54) is 0 Å². The van der Waals surface area contributed by atoms with E-state index in [0.717, 1.165) is 15.6 Å². The van der Waals surface area contributed by atoms with Gasteiger partial charge in [-0.3, -0.25) is 4.79 Å². The number of hydrogen-bond donors (Lipinski definition) is 1. The molecule has 0 radical (unpaired) electrons. The molecule has 0 saturated carbocycles. The van der Waals surface area contributed by atoms with E-state index >= 15 is 0 Å². The highest BCUT2D eigenvalue weighted by Crippen LogP contribution is 2.38. The molecule has 2 aromatic carbocycles. The van der Waals surface area contributed by atoms with Gasteiger partial charge in [-0.1, -0.05) is 28.1 Å². The minimum atomic E-state index is -0.0809. The van der Waals surface area contributed by atoms with Crippen LogP contribution in [0.5, 0.6) is 17.2 Å². The van der Waals surface area contributed by atoms with E-state index in [1.807, 2.05) is 31.2 Å². The molecule has 5 nitrogen and oxygen atoms in total. The minimum absolute atomic E-state index is 0.0790. The van der Waals surface area contributed by atoms with Crippen molar-refractivity contribution in [3.8, 4) is 17.2 Å². The van der Waals surface area contributed by atoms with Crippen LogP contribution in [0.15, 0.2) is 40.9 Å². The predicted molar refractivity (Wildman–Crippen MR) is 101 cm³/mol. The van der Waals surface area contributed by atoms with Gasteiger partial charge < -0.3 is 19.5 Å². The van der Waals surface area contributed by atoms with Crippen molar-refractivity contribution in [2.24, 2.45) is 0 Å². The second kappa shape index (κ2) is 8.76. The zero-order valence-electron chi connectivity index (χ0n) is 14.8. The van der Waals surface area contributed by atoms with Gasteiger partial charge in [-0.05, 0) is 42.3 Å². The molecule has 0 aliphatic carbocycles. The molecule has 6 heteroatoms. The van der Waals surface area contributed by atoms with Crippen molar-refractivity contribution in [2.45, 2.75) is 19.4 Å². The van der Waals surface area contributed by atoms with Gasteiger partial charge >= 0.3 is 0 Å². The predicted octanol–water partition coefficient (Wildman–Crippen LogP) is 3.89. The number of amides is 1. The van der Waals surface area contributed by atoms with Gasteiger partial charge in [0.05, 0.1) is 33.8 Å². The zero-order valence-corrected chi connectivity index (χ0v) is 16.3. The van der Waals surface area contributed by atoms with E-state index in [2.05, 4.69) is 21.2 Å². The molecular formula is C19H22BrNO4. The monoisotopic (exact) mass is 407 g/mol. The van der Waals surface area contributed by atoms with Crippen LogP contribution in [0.25, 0.3) is 0 Å². The fraction of sp³-hybridized carbons (Fsp3) is 0.316. The van der Waals surface area contributed by atoms with Crippen molar-refractivity contribution in [3.05, 3.63) is 52.0 Å². The third kappa shape index (κ3) is 4.89. The Labute approximate surface area is 156 Å². The summed E-state index contributed by atoms with van der Waals surface area (Å²) in [6, 6.07) is 11.4. The molecule has 0 bridgehead atoms. The van der Waals surface area contributed by atoms with Crippen LogP contribution in [0.4, 0.5) is 0 Å². The van der Waals surface area contributed by atoms with Crippen molar-refractivity contribution >= 4 is 21.8 Å². The topological polar surface area (TPSA) is 56.8 Å². The second-order valence-corrected chi connectivity index (χ2v) is 6.47. The Kier molecular flexibility index (Phi) is 6.70. The molecule has 0 fully saturated rings. The lowest BCUT2D eigenvalue weighted by Crippen LogP contribution is -2.28. The average molecular weight is 408 g/mol. The van der Waals surface area contributed by atoms with Crippen LogP contribution in [0, 0.1) is 0 Å². The smallest absolute Gasteiger partial charge is 0.224 e. The minimum Gasteiger partial charge on any atom is -0.493 e. The first-order valence-corrected chi connectivity index (χ1v) is 8.61. The zero-order chi connectivity index (χ0) is 18.4. The van der Waals surface area contributed by atoms with Crippen molar-refractivity contribution in [2.75, 3.05) is 21.3 Å². The fourth-order valence-electron chi connectivity index (χ4n) is 2.55. The Morgan fingerprint density at radius 2 is 1.60 bits per heavy atom. The van der Waals surface area contributed by atoms with Crippen molar-refractivity contribution in [1.29, 1.82) is 0 Å². The molecule has 2 aromatic rings. The Bertz CT molecular complexity index is 706. The van der Waals surface area contributed by atoms with Gasteiger partial charge in [0.1, 0.15) is 0 Å². The van der Waals surface area contributed by atoms with Crippen LogP contribution in [0.2, 0.25) is 0 Å². The number of carbonyl (C=O) groups excluding carboxylic acids is 1. The maximum Gasteiger partial charge on any atom is 0.224 e. The van der Waals surface area contributed by atoms with E-state index in [9.17, 15) is 4.79 Å². The lowest BCUT2D eigenvalue weighted by Gasteiger charge is -2.16. The quantitative estimate of drug-likeness (QED) is 0.755. The van der Waals surface area contributed by atoms with E-state index in [1.54, 1.807) is 33.5 Å². The first-order chi connectivity index (χ1) is 12.0. The van der Waals surface area contributed by atoms with Crippen LogP contribution in [0.1, 0.15) is 24.1 Å². The molecule has 1 amide bonds. The third-order valence-corrected chi connectivity index (χ3v) is 4.37. The van der Waals surface area contributed by atoms with Crippen LogP contribution < -0.4 is 19.5 Å². The molecule has 0 saturated heterocycles. The van der Waals surface area contributed by atoms with Gasteiger partial charge in [-0.15, -0.1) is 0 Å². The molecule has 0 aromatic heterocycles. The highest BCUT2D eigenvalue weighted by Gasteiger charge is 2.16. The summed E-state index contributed by atoms with van der Waals surface area (Å²) in [5.74, 6) is 1.50. The van der Waals surface area contributed by atoms with Gasteiger partial charge in [0, 0.05) is 4.47 Å². The molecule has 1 N–H and O–H groups in total. The summed E-state index contributed by atoms with van der Waals surface area (Å²) in [4.78, 5) is 12.4. The number of methoxy groups -OCH3 is 3. The van der Waals surface area contributed by atoms with E-state index in [0.29, 0.717) is 17.2 Å². The Hall–Kier alpha value is -2.21. The molecule has 0 heterocycles. The summed E-state index contributed by atoms with van der Waals surface area (Å²) in [6.07, 6.45) is 0.220. The van der Waals surface area contributed by atoms with Gasteiger partial charge in [-0.25, -0.2) is 0 Å². The standard InChI is InChI=1S/C19H22BrNO4/c1-12(14-5-7-15(20)8-6-14)21-18(22)11-13-9-16(23-2)19(25-4)17(10-13)24-3/h5-10,12H,11H2,1-4H3,(H,21,22)/t12-/m1/s1. The highest BCUT2D eigenvalue weighted by molar-refractivity contribution is 9.10. The van der Waals surface area contributed by atoms with Crippen molar-refractivity contribution < 1.29 is 19.0 Å². The summed E-state index contributed by atoms with van der Waals surface area (Å²) in [5, 5.41) is 3.00. The molecule has 2 rings (SSSR count). The number of carbonyl (C=O) groups is 1. The molecule has 0 unspecified atom stereocenters. The Morgan fingerprint density at radius 1 is 1.04 bits per heavy atom. The number of nitrogens with one attached hydrogen (secondary N) is 1. The summed E-state index contributed by atoms with van der Waals surface area (Å²) in [7, 11) is 4.65. The molecular weight excluding hydrogens is 386 g/mol. The summed E-state index contributed by atoms with van der Waals surface area (Å²) >= 11 is 3.41. The third-order valence-electron chi connectivity index (χ3n) is 3.84. The van der Waals surface area contributed by atoms with Crippen molar-refractivity contribution in [3.63, 3.8) is 0 Å². The molecule has 25 heavy (non-hydrogen) atoms. The summed E-state index contributed by atoms with van der Waals surface area (Å²) < 4.78 is 16.9. The number of benzene rings is 2. The molecule has 1 atom stereocenters. The SMILES string of the molecule is COc1cc(CC(=O)N[C@H](C)c2ccc(Br)cc2)cc(OC)c1OC. The lowest BCUT2D eigenvalue weighted by molar-refractivity contribution is -0.121. The average Bonchev–Trinajstić information content (AvgIpc) is 2.61. The molecule has 0 aliphatic rings. The fourth-order valence-corrected chi connectivity index (χ4v) is 2.81. The van der Waals surface area contributed by atoms with E-state index in [4.69, 9.17) is 14.2 Å². The lowest BCUT2D eigenvalue weighted by atomic mass is 10.1. The molecule has 0 aliphatic heterocycles. The first-order valence-electron chi connectivity index (χ1n) is 7.82. The Morgan fingerprint density at radius 3 is 2.08 bits per heavy atom. The van der Waals surface area contributed by atoms with Crippen LogP contribution >= 0.6 is 15.9 Å². The number of rotatable bonds is 7.